The number of hydrogen-bond donors (Lipinski definition) is 3. The zero-order valence-corrected chi connectivity index (χ0v) is 14.2. The molecule has 0 bridgehead atoms. The molecule has 0 radical (unpaired) electrons. The zero-order valence-electron chi connectivity index (χ0n) is 13.4. The maximum Gasteiger partial charge on any atom is 0.387 e. The molecule has 4 N–H and O–H groups in total. The fourth-order valence-electron chi connectivity index (χ4n) is 2.61. The molecule has 138 valence electrons. The SMILES string of the molecule is NC(=O)c1c(NC(=O)Nc2ccccc2OC(F)F)sc2c1CCOC2. The van der Waals surface area contributed by atoms with Gasteiger partial charge < -0.3 is 20.5 Å². The number of nitrogens with two attached hydrogens (primary N) is 1. The maximum atomic E-state index is 12.4. The molecule has 0 spiro atoms. The molecule has 3 rings (SSSR count). The first-order valence-electron chi connectivity index (χ1n) is 7.59. The van der Waals surface area contributed by atoms with E-state index in [1.807, 2.05) is 0 Å². The van der Waals surface area contributed by atoms with Crippen molar-refractivity contribution >= 4 is 34.0 Å². The number of rotatable bonds is 5. The normalized spacial score (nSPS) is 13.2. The standard InChI is InChI=1S/C16H15F2N3O4S/c17-15(18)25-10-4-2-1-3-9(10)20-16(23)21-14-12(13(19)22)8-5-6-24-7-11(8)26-14/h1-4,15H,5-7H2,(H2,19,22)(H2,20,21,23). The summed E-state index contributed by atoms with van der Waals surface area (Å²) < 4.78 is 34.6. The van der Waals surface area contributed by atoms with E-state index < -0.39 is 18.5 Å². The quantitative estimate of drug-likeness (QED) is 0.738. The maximum absolute atomic E-state index is 12.4. The first-order valence-corrected chi connectivity index (χ1v) is 8.41. The predicted molar refractivity (Wildman–Crippen MR) is 91.9 cm³/mol. The van der Waals surface area contributed by atoms with Gasteiger partial charge >= 0.3 is 12.6 Å². The lowest BCUT2D eigenvalue weighted by atomic mass is 10.1. The summed E-state index contributed by atoms with van der Waals surface area (Å²) in [6.07, 6.45) is 0.526. The molecule has 0 saturated heterocycles. The molecule has 0 unspecified atom stereocenters. The van der Waals surface area contributed by atoms with Gasteiger partial charge in [-0.05, 0) is 24.1 Å². The first-order chi connectivity index (χ1) is 12.5. The second-order valence-corrected chi connectivity index (χ2v) is 6.43. The number of carbonyl (C=O) groups excluding carboxylic acids is 2. The molecule has 10 heteroatoms. The number of halogens is 2. The number of amides is 3. The van der Waals surface area contributed by atoms with Gasteiger partial charge in [0.15, 0.2) is 0 Å². The van der Waals surface area contributed by atoms with Gasteiger partial charge in [0.05, 0.1) is 24.5 Å². The van der Waals surface area contributed by atoms with Crippen LogP contribution in [0.3, 0.4) is 0 Å². The van der Waals surface area contributed by atoms with Gasteiger partial charge in [0.1, 0.15) is 10.8 Å². The van der Waals surface area contributed by atoms with Crippen LogP contribution in [-0.2, 0) is 17.8 Å². The van der Waals surface area contributed by atoms with E-state index in [9.17, 15) is 18.4 Å². The van der Waals surface area contributed by atoms with Crippen LogP contribution in [0.1, 0.15) is 20.8 Å². The molecule has 3 amide bonds. The molecule has 0 fully saturated rings. The van der Waals surface area contributed by atoms with Crippen molar-refractivity contribution < 1.29 is 27.8 Å². The summed E-state index contributed by atoms with van der Waals surface area (Å²) in [5.74, 6) is -0.826. The van der Waals surface area contributed by atoms with Crippen molar-refractivity contribution in [3.05, 3.63) is 40.3 Å². The van der Waals surface area contributed by atoms with Gasteiger partial charge in [-0.25, -0.2) is 4.79 Å². The average molecular weight is 383 g/mol. The van der Waals surface area contributed by atoms with Crippen LogP contribution >= 0.6 is 11.3 Å². The molecule has 7 nitrogen and oxygen atoms in total. The highest BCUT2D eigenvalue weighted by Gasteiger charge is 2.25. The molecule has 1 aliphatic heterocycles. The highest BCUT2D eigenvalue weighted by molar-refractivity contribution is 7.17. The van der Waals surface area contributed by atoms with Gasteiger partial charge in [0.2, 0.25) is 0 Å². The average Bonchev–Trinajstić information content (AvgIpc) is 2.94. The second kappa shape index (κ2) is 7.67. The highest BCUT2D eigenvalue weighted by Crippen LogP contribution is 2.36. The minimum atomic E-state index is -3.02. The fraction of sp³-hybridized carbons (Fsp3) is 0.250. The number of carbonyl (C=O) groups is 2. The van der Waals surface area contributed by atoms with Crippen molar-refractivity contribution in [3.63, 3.8) is 0 Å². The minimum Gasteiger partial charge on any atom is -0.433 e. The van der Waals surface area contributed by atoms with Crippen LogP contribution in [0, 0.1) is 0 Å². The number of hydrogen-bond acceptors (Lipinski definition) is 5. The van der Waals surface area contributed by atoms with Crippen molar-refractivity contribution in [1.29, 1.82) is 0 Å². The van der Waals surface area contributed by atoms with Gasteiger partial charge in [-0.15, -0.1) is 11.3 Å². The molecule has 1 aliphatic rings. The van der Waals surface area contributed by atoms with Gasteiger partial charge in [-0.2, -0.15) is 8.78 Å². The lowest BCUT2D eigenvalue weighted by Gasteiger charge is -2.13. The number of nitrogens with one attached hydrogen (secondary N) is 2. The van der Waals surface area contributed by atoms with Gasteiger partial charge in [0.25, 0.3) is 5.91 Å². The van der Waals surface area contributed by atoms with E-state index in [2.05, 4.69) is 15.4 Å². The Bertz CT molecular complexity index is 841. The van der Waals surface area contributed by atoms with E-state index in [1.54, 1.807) is 6.07 Å². The van der Waals surface area contributed by atoms with E-state index in [-0.39, 0.29) is 22.0 Å². The van der Waals surface area contributed by atoms with Crippen LogP contribution in [0.2, 0.25) is 0 Å². The Labute approximate surface area is 151 Å². The predicted octanol–water partition coefficient (Wildman–Crippen LogP) is 3.17. The minimum absolute atomic E-state index is 0.0653. The summed E-state index contributed by atoms with van der Waals surface area (Å²) in [7, 11) is 0. The third-order valence-electron chi connectivity index (χ3n) is 3.65. The summed E-state index contributed by atoms with van der Waals surface area (Å²) in [5, 5.41) is 5.26. The molecule has 0 atom stereocenters. The molecular formula is C16H15F2N3O4S. The molecule has 1 aromatic heterocycles. The molecular weight excluding hydrogens is 368 g/mol. The van der Waals surface area contributed by atoms with Crippen molar-refractivity contribution in [2.75, 3.05) is 17.2 Å². The number of para-hydroxylation sites is 2. The Balaban J connectivity index is 1.79. The van der Waals surface area contributed by atoms with E-state index >= 15 is 0 Å². The molecule has 0 saturated carbocycles. The summed E-state index contributed by atoms with van der Waals surface area (Å²) in [6.45, 7) is -2.21. The Morgan fingerprint density at radius 3 is 2.77 bits per heavy atom. The smallest absolute Gasteiger partial charge is 0.387 e. The number of alkyl halides is 2. The molecule has 2 heterocycles. The molecule has 1 aromatic carbocycles. The van der Waals surface area contributed by atoms with E-state index in [4.69, 9.17) is 10.5 Å². The number of anilines is 2. The Hall–Kier alpha value is -2.72. The summed E-state index contributed by atoms with van der Waals surface area (Å²) >= 11 is 1.19. The van der Waals surface area contributed by atoms with Crippen LogP contribution in [0.25, 0.3) is 0 Å². The Morgan fingerprint density at radius 1 is 1.27 bits per heavy atom. The largest absolute Gasteiger partial charge is 0.433 e. The van der Waals surface area contributed by atoms with Crippen LogP contribution < -0.4 is 21.1 Å². The summed E-state index contributed by atoms with van der Waals surface area (Å²) in [4.78, 5) is 24.9. The van der Waals surface area contributed by atoms with Gasteiger partial charge in [0, 0.05) is 4.88 Å². The summed E-state index contributed by atoms with van der Waals surface area (Å²) in [5.41, 5.74) is 6.53. The van der Waals surface area contributed by atoms with Gasteiger partial charge in [-0.3, -0.25) is 10.1 Å². The Morgan fingerprint density at radius 2 is 2.04 bits per heavy atom. The molecule has 26 heavy (non-hydrogen) atoms. The second-order valence-electron chi connectivity index (χ2n) is 5.33. The first kappa shape index (κ1) is 18.1. The van der Waals surface area contributed by atoms with E-state index in [0.29, 0.717) is 19.6 Å². The Kier molecular flexibility index (Phi) is 5.33. The number of primary amides is 1. The number of benzene rings is 1. The summed E-state index contributed by atoms with van der Waals surface area (Å²) in [6, 6.07) is 5.07. The molecule has 0 aliphatic carbocycles. The van der Waals surface area contributed by atoms with Crippen molar-refractivity contribution in [2.24, 2.45) is 5.73 Å². The lowest BCUT2D eigenvalue weighted by molar-refractivity contribution is -0.0493. The number of thiophene rings is 1. The van der Waals surface area contributed by atoms with Crippen molar-refractivity contribution in [2.45, 2.75) is 19.6 Å². The van der Waals surface area contributed by atoms with Crippen LogP contribution in [0.4, 0.5) is 24.3 Å². The van der Waals surface area contributed by atoms with E-state index in [0.717, 1.165) is 10.4 Å². The lowest BCUT2D eigenvalue weighted by Crippen LogP contribution is -2.23. The third-order valence-corrected chi connectivity index (χ3v) is 4.77. The third kappa shape index (κ3) is 3.92. The van der Waals surface area contributed by atoms with Crippen LogP contribution in [0.5, 0.6) is 5.75 Å². The fourth-order valence-corrected chi connectivity index (χ4v) is 3.79. The van der Waals surface area contributed by atoms with Crippen molar-refractivity contribution in [3.8, 4) is 5.75 Å². The van der Waals surface area contributed by atoms with Gasteiger partial charge in [-0.1, -0.05) is 12.1 Å². The molecule has 2 aromatic rings. The van der Waals surface area contributed by atoms with Crippen LogP contribution in [0.15, 0.2) is 24.3 Å². The topological polar surface area (TPSA) is 103 Å². The monoisotopic (exact) mass is 383 g/mol. The van der Waals surface area contributed by atoms with Crippen LogP contribution in [-0.4, -0.2) is 25.2 Å². The number of ether oxygens (including phenoxy) is 2. The van der Waals surface area contributed by atoms with Crippen molar-refractivity contribution in [1.82, 2.24) is 0 Å². The number of fused-ring (bicyclic) bond motifs is 1. The number of urea groups is 1. The highest BCUT2D eigenvalue weighted by atomic mass is 32.1. The van der Waals surface area contributed by atoms with E-state index in [1.165, 1.54) is 29.5 Å². The zero-order chi connectivity index (χ0) is 18.7.